The Bertz CT molecular complexity index is 125. The molecule has 0 aromatic rings. The first-order valence-electron chi connectivity index (χ1n) is 3.33. The first-order valence-corrected chi connectivity index (χ1v) is 3.33. The Morgan fingerprint density at radius 1 is 1.44 bits per heavy atom. The second-order valence-electron chi connectivity index (χ2n) is 2.35. The van der Waals surface area contributed by atoms with Gasteiger partial charge >= 0.3 is 0 Å². The molecule has 1 rings (SSSR count). The number of rotatable bonds is 0. The normalized spacial score (nSPS) is 33.7. The molecule has 0 aliphatic carbocycles. The van der Waals surface area contributed by atoms with Crippen molar-refractivity contribution in [2.45, 2.75) is 13.3 Å². The molecule has 1 nitrogen and oxygen atoms in total. The molecule has 0 spiro atoms. The molecule has 1 atom stereocenters. The number of hydrogen-bond acceptors (Lipinski definition) is 1. The lowest BCUT2D eigenvalue weighted by atomic mass is 10.1. The second kappa shape index (κ2) is 3.33. The molecule has 1 heterocycles. The van der Waals surface area contributed by atoms with Crippen LogP contribution in [0.1, 0.15) is 13.3 Å². The lowest BCUT2D eigenvalue weighted by Gasteiger charge is -2.04. The fraction of sp³-hybridized carbons (Fsp3) is 0.500. The van der Waals surface area contributed by atoms with Crippen molar-refractivity contribution in [1.82, 2.24) is 0 Å². The van der Waals surface area contributed by atoms with Crippen LogP contribution in [0.5, 0.6) is 0 Å². The van der Waals surface area contributed by atoms with Crippen molar-refractivity contribution in [3.8, 4) is 0 Å². The van der Waals surface area contributed by atoms with E-state index in [1.807, 2.05) is 0 Å². The van der Waals surface area contributed by atoms with E-state index in [0.29, 0.717) is 5.92 Å². The van der Waals surface area contributed by atoms with Crippen molar-refractivity contribution < 1.29 is 4.74 Å². The molecular formula is C8H12O. The molecular weight excluding hydrogens is 112 g/mol. The van der Waals surface area contributed by atoms with Gasteiger partial charge in [0.05, 0.1) is 6.26 Å². The molecule has 1 aliphatic heterocycles. The van der Waals surface area contributed by atoms with Crippen LogP contribution in [0.3, 0.4) is 0 Å². The Hall–Kier alpha value is -0.720. The summed E-state index contributed by atoms with van der Waals surface area (Å²) in [6.07, 6.45) is 9.18. The van der Waals surface area contributed by atoms with E-state index >= 15 is 0 Å². The third-order valence-corrected chi connectivity index (χ3v) is 1.36. The standard InChI is InChI=1S/C8H12O/c1-8-4-2-6-9-7-3-5-8/h2-4,7-8H,5-6H2,1H3/b4-2-,7-3-. The van der Waals surface area contributed by atoms with Gasteiger partial charge in [-0.15, -0.1) is 0 Å². The number of ether oxygens (including phenoxy) is 1. The molecule has 1 aliphatic rings. The van der Waals surface area contributed by atoms with Gasteiger partial charge in [-0.1, -0.05) is 19.1 Å². The van der Waals surface area contributed by atoms with E-state index in [0.717, 1.165) is 13.0 Å². The highest BCUT2D eigenvalue weighted by molar-refractivity contribution is 4.93. The molecule has 0 saturated heterocycles. The van der Waals surface area contributed by atoms with Crippen molar-refractivity contribution in [2.75, 3.05) is 6.61 Å². The maximum Gasteiger partial charge on any atom is 0.105 e. The maximum atomic E-state index is 5.06. The fourth-order valence-electron chi connectivity index (χ4n) is 0.816. The average Bonchev–Trinajstić information content (AvgIpc) is 1.79. The molecule has 0 radical (unpaired) electrons. The topological polar surface area (TPSA) is 9.23 Å². The molecule has 0 aromatic carbocycles. The van der Waals surface area contributed by atoms with Gasteiger partial charge in [-0.25, -0.2) is 0 Å². The fourth-order valence-corrected chi connectivity index (χ4v) is 0.816. The molecule has 50 valence electrons. The van der Waals surface area contributed by atoms with Gasteiger partial charge in [0.25, 0.3) is 0 Å². The van der Waals surface area contributed by atoms with E-state index in [4.69, 9.17) is 4.74 Å². The molecule has 1 unspecified atom stereocenters. The molecule has 0 amide bonds. The summed E-state index contributed by atoms with van der Waals surface area (Å²) < 4.78 is 5.06. The van der Waals surface area contributed by atoms with E-state index in [1.54, 1.807) is 6.26 Å². The van der Waals surface area contributed by atoms with Crippen LogP contribution in [0.25, 0.3) is 0 Å². The summed E-state index contributed by atoms with van der Waals surface area (Å²) in [5.41, 5.74) is 0. The Morgan fingerprint density at radius 2 is 2.33 bits per heavy atom. The maximum absolute atomic E-state index is 5.06. The van der Waals surface area contributed by atoms with Crippen LogP contribution < -0.4 is 0 Å². The first-order chi connectivity index (χ1) is 4.39. The lowest BCUT2D eigenvalue weighted by Crippen LogP contribution is -1.91. The average molecular weight is 124 g/mol. The largest absolute Gasteiger partial charge is 0.497 e. The zero-order valence-corrected chi connectivity index (χ0v) is 5.71. The van der Waals surface area contributed by atoms with Gasteiger partial charge in [0.1, 0.15) is 6.61 Å². The molecule has 0 fully saturated rings. The molecule has 9 heavy (non-hydrogen) atoms. The summed E-state index contributed by atoms with van der Waals surface area (Å²) in [7, 11) is 0. The van der Waals surface area contributed by atoms with Crippen LogP contribution in [-0.2, 0) is 4.74 Å². The molecule has 0 aromatic heterocycles. The SMILES string of the molecule is CC1/C=C\CO/C=C\C1. The molecule has 1 heteroatoms. The highest BCUT2D eigenvalue weighted by Gasteiger charge is 1.93. The van der Waals surface area contributed by atoms with Gasteiger partial charge in [0.15, 0.2) is 0 Å². The van der Waals surface area contributed by atoms with Crippen LogP contribution in [0.15, 0.2) is 24.5 Å². The van der Waals surface area contributed by atoms with Gasteiger partial charge in [0.2, 0.25) is 0 Å². The molecule has 0 saturated carbocycles. The van der Waals surface area contributed by atoms with Crippen LogP contribution in [0, 0.1) is 5.92 Å². The third-order valence-electron chi connectivity index (χ3n) is 1.36. The smallest absolute Gasteiger partial charge is 0.105 e. The van der Waals surface area contributed by atoms with E-state index in [1.165, 1.54) is 0 Å². The van der Waals surface area contributed by atoms with Crippen molar-refractivity contribution in [3.63, 3.8) is 0 Å². The van der Waals surface area contributed by atoms with Gasteiger partial charge in [-0.05, 0) is 18.4 Å². The van der Waals surface area contributed by atoms with Gasteiger partial charge in [0, 0.05) is 0 Å². The van der Waals surface area contributed by atoms with E-state index in [9.17, 15) is 0 Å². The Morgan fingerprint density at radius 3 is 3.22 bits per heavy atom. The molecule has 0 bridgehead atoms. The summed E-state index contributed by atoms with van der Waals surface area (Å²) in [5, 5.41) is 0. The Labute approximate surface area is 56.0 Å². The minimum Gasteiger partial charge on any atom is -0.497 e. The quantitative estimate of drug-likeness (QED) is 0.449. The summed E-state index contributed by atoms with van der Waals surface area (Å²) >= 11 is 0. The van der Waals surface area contributed by atoms with Crippen molar-refractivity contribution in [3.05, 3.63) is 24.5 Å². The highest BCUT2D eigenvalue weighted by Crippen LogP contribution is 2.06. The highest BCUT2D eigenvalue weighted by atomic mass is 16.5. The zero-order valence-electron chi connectivity index (χ0n) is 5.71. The first kappa shape index (κ1) is 6.40. The van der Waals surface area contributed by atoms with E-state index < -0.39 is 0 Å². The zero-order chi connectivity index (χ0) is 6.53. The van der Waals surface area contributed by atoms with Gasteiger partial charge in [-0.2, -0.15) is 0 Å². The predicted molar refractivity (Wildman–Crippen MR) is 38.0 cm³/mol. The summed E-state index contributed by atoms with van der Waals surface area (Å²) in [5.74, 6) is 0.671. The Balaban J connectivity index is 2.40. The molecule has 0 N–H and O–H groups in total. The summed E-state index contributed by atoms with van der Waals surface area (Å²) in [6, 6.07) is 0. The van der Waals surface area contributed by atoms with E-state index in [2.05, 4.69) is 25.2 Å². The number of hydrogen-bond donors (Lipinski definition) is 0. The second-order valence-corrected chi connectivity index (χ2v) is 2.35. The minimum atomic E-state index is 0.671. The predicted octanol–water partition coefficient (Wildman–Crippen LogP) is 2.11. The van der Waals surface area contributed by atoms with Crippen LogP contribution in [-0.4, -0.2) is 6.61 Å². The minimum absolute atomic E-state index is 0.671. The summed E-state index contributed by atoms with van der Waals surface area (Å²) in [4.78, 5) is 0. The van der Waals surface area contributed by atoms with E-state index in [-0.39, 0.29) is 0 Å². The number of allylic oxidation sites excluding steroid dienone is 2. The monoisotopic (exact) mass is 124 g/mol. The van der Waals surface area contributed by atoms with Gasteiger partial charge in [-0.3, -0.25) is 0 Å². The van der Waals surface area contributed by atoms with Crippen molar-refractivity contribution in [1.29, 1.82) is 0 Å². The van der Waals surface area contributed by atoms with Gasteiger partial charge < -0.3 is 4.74 Å². The van der Waals surface area contributed by atoms with Crippen molar-refractivity contribution >= 4 is 0 Å². The van der Waals surface area contributed by atoms with Crippen LogP contribution in [0.2, 0.25) is 0 Å². The van der Waals surface area contributed by atoms with Crippen molar-refractivity contribution in [2.24, 2.45) is 5.92 Å². The lowest BCUT2D eigenvalue weighted by molar-refractivity contribution is 0.285. The Kier molecular flexibility index (Phi) is 2.37. The van der Waals surface area contributed by atoms with Crippen LogP contribution >= 0.6 is 0 Å². The van der Waals surface area contributed by atoms with Crippen LogP contribution in [0.4, 0.5) is 0 Å². The third kappa shape index (κ3) is 2.36. The summed E-state index contributed by atoms with van der Waals surface area (Å²) in [6.45, 7) is 2.92.